The van der Waals surface area contributed by atoms with Crippen LogP contribution in [0.4, 0.5) is 15.3 Å². The number of hydrogen-bond acceptors (Lipinski definition) is 6. The van der Waals surface area contributed by atoms with Gasteiger partial charge in [0.1, 0.15) is 17.0 Å². The summed E-state index contributed by atoms with van der Waals surface area (Å²) in [7, 11) is 0. The fourth-order valence-corrected chi connectivity index (χ4v) is 6.17. The Morgan fingerprint density at radius 1 is 0.812 bits per heavy atom. The van der Waals surface area contributed by atoms with E-state index >= 15 is 0 Å². The van der Waals surface area contributed by atoms with Gasteiger partial charge in [0, 0.05) is 25.3 Å². The molecular weight excluding hydrogens is 647 g/mol. The lowest BCUT2D eigenvalue weighted by atomic mass is 10.0. The zero-order valence-corrected chi connectivity index (χ0v) is 30.5. The van der Waals surface area contributed by atoms with Gasteiger partial charge < -0.3 is 24.7 Å². The Kier molecular flexibility index (Phi) is 11.0. The number of nitrogens with zero attached hydrogens (tertiary/aromatic N) is 3. The smallest absolute Gasteiger partial charge is 0.410 e. The average Bonchev–Trinajstić information content (AvgIpc) is 3.74. The minimum atomic E-state index is -0.570. The minimum absolute atomic E-state index is 0. The van der Waals surface area contributed by atoms with Crippen molar-refractivity contribution in [1.29, 1.82) is 0 Å². The average molecular weight is 694 g/mol. The Balaban J connectivity index is 0.00000260. The molecule has 6 rings (SSSR count). The van der Waals surface area contributed by atoms with E-state index < -0.39 is 11.2 Å². The number of fused-ring (bicyclic) bond motifs is 2. The second-order valence-corrected chi connectivity index (χ2v) is 14.4. The van der Waals surface area contributed by atoms with E-state index in [0.717, 1.165) is 57.3 Å². The van der Waals surface area contributed by atoms with E-state index in [1.807, 2.05) is 65.8 Å². The molecule has 3 heterocycles. The number of aromatic nitrogens is 2. The van der Waals surface area contributed by atoms with Crippen LogP contribution < -0.4 is 5.32 Å². The summed E-state index contributed by atoms with van der Waals surface area (Å²) >= 11 is 0. The van der Waals surface area contributed by atoms with Gasteiger partial charge in [0.25, 0.3) is 0 Å². The topological polar surface area (TPSA) is 117 Å². The first kappa shape index (κ1) is 36.9. The monoisotopic (exact) mass is 693 g/mol. The van der Waals surface area contributed by atoms with Gasteiger partial charge in [0.2, 0.25) is 5.91 Å². The van der Waals surface area contributed by atoms with Crippen molar-refractivity contribution in [3.63, 3.8) is 0 Å². The molecule has 0 spiro atoms. The molecule has 2 saturated heterocycles. The molecule has 48 heavy (non-hydrogen) atoms. The molecule has 2 fully saturated rings. The molecular formula is C36H47N5O5S2. The molecule has 2 N–H and O–H groups in total. The number of carbonyl (C=O) groups is 3. The zero-order valence-electron chi connectivity index (χ0n) is 28.5. The quantitative estimate of drug-likeness (QED) is 0.225. The SMILES string of the molecule is CC(C)(C)OC(=O)N1CCC(C(=O)Nc2ccc3cc(-c4ccc5nc([C@@H]6CCCN6C(=O)OC(C)(C)C)[nH]c5c4)ccc3c2)C1.S.S. The Morgan fingerprint density at radius 2 is 1.46 bits per heavy atom. The number of carbonyl (C=O) groups excluding carboxylic acids is 3. The number of anilines is 1. The van der Waals surface area contributed by atoms with Crippen molar-refractivity contribution >= 4 is 72.6 Å². The van der Waals surface area contributed by atoms with E-state index in [4.69, 9.17) is 14.5 Å². The molecule has 3 aromatic carbocycles. The van der Waals surface area contributed by atoms with Crippen molar-refractivity contribution < 1.29 is 23.9 Å². The van der Waals surface area contributed by atoms with E-state index in [1.165, 1.54) is 0 Å². The van der Waals surface area contributed by atoms with Crippen molar-refractivity contribution in [3.05, 3.63) is 60.4 Å². The minimum Gasteiger partial charge on any atom is -0.444 e. The number of benzene rings is 3. The van der Waals surface area contributed by atoms with Gasteiger partial charge in [0.05, 0.1) is 23.0 Å². The fourth-order valence-electron chi connectivity index (χ4n) is 6.17. The number of likely N-dealkylation sites (tertiary alicyclic amines) is 2. The summed E-state index contributed by atoms with van der Waals surface area (Å²) in [6, 6.07) is 18.2. The first-order chi connectivity index (χ1) is 21.7. The highest BCUT2D eigenvalue weighted by Gasteiger charge is 2.35. The molecule has 0 bridgehead atoms. The number of amides is 3. The van der Waals surface area contributed by atoms with Gasteiger partial charge in [-0.05, 0) is 113 Å². The molecule has 10 nitrogen and oxygen atoms in total. The van der Waals surface area contributed by atoms with E-state index in [0.29, 0.717) is 26.1 Å². The van der Waals surface area contributed by atoms with Crippen molar-refractivity contribution in [2.45, 2.75) is 78.0 Å². The maximum atomic E-state index is 13.0. The van der Waals surface area contributed by atoms with Crippen LogP contribution in [0.15, 0.2) is 54.6 Å². The molecule has 2 atom stereocenters. The second kappa shape index (κ2) is 14.3. The van der Waals surface area contributed by atoms with E-state index in [1.54, 1.807) is 9.80 Å². The van der Waals surface area contributed by atoms with Crippen LogP contribution in [-0.4, -0.2) is 68.7 Å². The van der Waals surface area contributed by atoms with Crippen LogP contribution in [0.5, 0.6) is 0 Å². The van der Waals surface area contributed by atoms with Gasteiger partial charge >= 0.3 is 12.2 Å². The number of nitrogens with one attached hydrogen (secondary N) is 2. The van der Waals surface area contributed by atoms with Crippen LogP contribution in [0.1, 0.15) is 72.7 Å². The number of rotatable bonds is 4. The maximum absolute atomic E-state index is 13.0. The summed E-state index contributed by atoms with van der Waals surface area (Å²) in [6.45, 7) is 12.6. The molecule has 1 aromatic heterocycles. The summed E-state index contributed by atoms with van der Waals surface area (Å²) in [6.07, 6.45) is 1.66. The van der Waals surface area contributed by atoms with Crippen molar-refractivity contribution in [3.8, 4) is 11.1 Å². The van der Waals surface area contributed by atoms with Gasteiger partial charge in [-0.3, -0.25) is 9.69 Å². The second-order valence-electron chi connectivity index (χ2n) is 14.4. The Morgan fingerprint density at radius 3 is 2.19 bits per heavy atom. The molecule has 12 heteroatoms. The molecule has 0 aliphatic carbocycles. The normalized spacial score (nSPS) is 18.0. The highest BCUT2D eigenvalue weighted by molar-refractivity contribution is 7.59. The third kappa shape index (κ3) is 8.38. The van der Waals surface area contributed by atoms with Gasteiger partial charge in [-0.1, -0.05) is 24.3 Å². The molecule has 4 aromatic rings. The van der Waals surface area contributed by atoms with Crippen molar-refractivity contribution in [2.24, 2.45) is 5.92 Å². The summed E-state index contributed by atoms with van der Waals surface area (Å²) in [4.78, 5) is 49.9. The van der Waals surface area contributed by atoms with Crippen LogP contribution in [0.2, 0.25) is 0 Å². The Hall–Kier alpha value is -3.90. The van der Waals surface area contributed by atoms with E-state index in [2.05, 4.69) is 40.6 Å². The Labute approximate surface area is 295 Å². The molecule has 2 aliphatic heterocycles. The molecule has 3 amide bonds. The molecule has 1 unspecified atom stereocenters. The number of H-pyrrole nitrogens is 1. The summed E-state index contributed by atoms with van der Waals surface area (Å²) < 4.78 is 11.1. The first-order valence-corrected chi connectivity index (χ1v) is 16.0. The number of hydrogen-bond donors (Lipinski definition) is 2. The number of aromatic amines is 1. The molecule has 258 valence electrons. The largest absolute Gasteiger partial charge is 0.444 e. The standard InChI is InChI=1S/C36H43N5O5.2H2S/c1-35(2,3)45-33(43)40-17-15-26(21-40)32(42)37-27-13-11-23-18-22(9-10-24(23)19-27)25-12-14-28-29(20-25)39-31(38-28)30-8-7-16-41(30)34(44)46-36(4,5)6;;/h9-14,18-20,26,30H,7-8,15-17,21H2,1-6H3,(H,37,42)(H,38,39);2*1H2/t26?,30-;;/m0../s1. The van der Waals surface area contributed by atoms with Crippen molar-refractivity contribution in [1.82, 2.24) is 19.8 Å². The van der Waals surface area contributed by atoms with Crippen LogP contribution in [0, 0.1) is 5.92 Å². The Bertz CT molecular complexity index is 1810. The molecule has 0 saturated carbocycles. The molecule has 0 radical (unpaired) electrons. The predicted octanol–water partition coefficient (Wildman–Crippen LogP) is 7.88. The van der Waals surface area contributed by atoms with Crippen LogP contribution in [0.25, 0.3) is 32.9 Å². The summed E-state index contributed by atoms with van der Waals surface area (Å²) in [5.74, 6) is 0.400. The van der Waals surface area contributed by atoms with Crippen LogP contribution in [0.3, 0.4) is 0 Å². The lowest BCUT2D eigenvalue weighted by Crippen LogP contribution is -2.36. The third-order valence-electron chi connectivity index (χ3n) is 8.35. The highest BCUT2D eigenvalue weighted by atomic mass is 32.1. The number of ether oxygens (including phenoxy) is 2. The van der Waals surface area contributed by atoms with Gasteiger partial charge in [0.15, 0.2) is 0 Å². The number of imidazole rings is 1. The van der Waals surface area contributed by atoms with E-state index in [9.17, 15) is 14.4 Å². The third-order valence-corrected chi connectivity index (χ3v) is 8.35. The van der Waals surface area contributed by atoms with Crippen molar-refractivity contribution in [2.75, 3.05) is 25.0 Å². The van der Waals surface area contributed by atoms with Gasteiger partial charge in [-0.15, -0.1) is 0 Å². The van der Waals surface area contributed by atoms with Crippen LogP contribution in [-0.2, 0) is 14.3 Å². The zero-order chi connectivity index (χ0) is 32.8. The lowest BCUT2D eigenvalue weighted by molar-refractivity contribution is -0.119. The summed E-state index contributed by atoms with van der Waals surface area (Å²) in [5.41, 5.74) is 3.48. The summed E-state index contributed by atoms with van der Waals surface area (Å²) in [5, 5.41) is 5.10. The first-order valence-electron chi connectivity index (χ1n) is 16.0. The van der Waals surface area contributed by atoms with Crippen LogP contribution >= 0.6 is 27.0 Å². The highest BCUT2D eigenvalue weighted by Crippen LogP contribution is 2.34. The lowest BCUT2D eigenvalue weighted by Gasteiger charge is -2.27. The maximum Gasteiger partial charge on any atom is 0.410 e. The van der Waals surface area contributed by atoms with E-state index in [-0.39, 0.29) is 57.0 Å². The van der Waals surface area contributed by atoms with Gasteiger partial charge in [-0.2, -0.15) is 27.0 Å². The molecule has 2 aliphatic rings. The van der Waals surface area contributed by atoms with Gasteiger partial charge in [-0.25, -0.2) is 14.6 Å². The predicted molar refractivity (Wildman–Crippen MR) is 199 cm³/mol. The fraction of sp³-hybridized carbons (Fsp3) is 0.444.